The Balaban J connectivity index is 0. The van der Waals surface area contributed by atoms with Gasteiger partial charge in [-0.3, -0.25) is 0 Å². The topological polar surface area (TPSA) is 9.23 Å². The van der Waals surface area contributed by atoms with Crippen LogP contribution in [-0.2, 0) is 4.74 Å². The lowest BCUT2D eigenvalue weighted by Crippen LogP contribution is -1.96. The van der Waals surface area contributed by atoms with Crippen LogP contribution in [0.3, 0.4) is 0 Å². The summed E-state index contributed by atoms with van der Waals surface area (Å²) in [5.74, 6) is 0. The molecule has 0 aromatic carbocycles. The molecule has 0 fully saturated rings. The third-order valence-corrected chi connectivity index (χ3v) is 2.20. The van der Waals surface area contributed by atoms with Crippen LogP contribution < -0.4 is 0 Å². The minimum atomic E-state index is 0.684. The first-order valence-corrected chi connectivity index (χ1v) is 7.19. The highest BCUT2D eigenvalue weighted by Gasteiger charge is 1.88. The second-order valence-corrected chi connectivity index (χ2v) is 4.03. The summed E-state index contributed by atoms with van der Waals surface area (Å²) in [6.45, 7) is 14.7. The van der Waals surface area contributed by atoms with Gasteiger partial charge in [-0.25, -0.2) is 0 Å². The van der Waals surface area contributed by atoms with Crippen molar-refractivity contribution in [3.05, 3.63) is 59.9 Å². The summed E-state index contributed by atoms with van der Waals surface area (Å²) in [5, 5.41) is 3.82. The van der Waals surface area contributed by atoms with Crippen molar-refractivity contribution in [3.8, 4) is 0 Å². The standard InChI is InChI=1S/C14H20OS.C2H6/c1-4-6-7-10-14(3)13-15-11-8-9-12-16-5-2;1-2/h4-7,9-10,12H,1-2,8,11,13H2,3H3;1-2H3/b7-6-,12-9+,14-10+;. The first kappa shape index (κ1) is 19.4. The molecule has 0 saturated carbocycles. The number of allylic oxidation sites excluding steroid dienone is 4. The van der Waals surface area contributed by atoms with Gasteiger partial charge < -0.3 is 4.74 Å². The predicted molar refractivity (Wildman–Crippen MR) is 86.8 cm³/mol. The summed E-state index contributed by atoms with van der Waals surface area (Å²) in [4.78, 5) is 0. The van der Waals surface area contributed by atoms with E-state index in [9.17, 15) is 0 Å². The van der Waals surface area contributed by atoms with E-state index in [2.05, 4.69) is 26.2 Å². The van der Waals surface area contributed by atoms with Crippen LogP contribution in [0.4, 0.5) is 0 Å². The second kappa shape index (κ2) is 18.4. The Morgan fingerprint density at radius 2 is 1.94 bits per heavy atom. The van der Waals surface area contributed by atoms with Gasteiger partial charge in [-0.05, 0) is 29.7 Å². The summed E-state index contributed by atoms with van der Waals surface area (Å²) in [7, 11) is 0. The van der Waals surface area contributed by atoms with Crippen molar-refractivity contribution in [2.24, 2.45) is 0 Å². The fourth-order valence-corrected chi connectivity index (χ4v) is 1.27. The fraction of sp³-hybridized carbons (Fsp3) is 0.375. The normalized spacial score (nSPS) is 11.4. The van der Waals surface area contributed by atoms with Crippen molar-refractivity contribution in [3.63, 3.8) is 0 Å². The van der Waals surface area contributed by atoms with Gasteiger partial charge in [0, 0.05) is 0 Å². The van der Waals surface area contributed by atoms with E-state index in [-0.39, 0.29) is 0 Å². The van der Waals surface area contributed by atoms with Crippen LogP contribution in [0.15, 0.2) is 59.9 Å². The molecule has 0 amide bonds. The quantitative estimate of drug-likeness (QED) is 0.402. The van der Waals surface area contributed by atoms with Crippen LogP contribution in [0.1, 0.15) is 27.2 Å². The highest BCUT2D eigenvalue weighted by atomic mass is 32.2. The van der Waals surface area contributed by atoms with Crippen LogP contribution in [0, 0.1) is 0 Å². The largest absolute Gasteiger partial charge is 0.377 e. The third kappa shape index (κ3) is 17.4. The Morgan fingerprint density at radius 3 is 2.56 bits per heavy atom. The number of rotatable bonds is 9. The van der Waals surface area contributed by atoms with Crippen molar-refractivity contribution < 1.29 is 4.74 Å². The average molecular weight is 266 g/mol. The molecule has 1 nitrogen and oxygen atoms in total. The van der Waals surface area contributed by atoms with Crippen LogP contribution in [0.25, 0.3) is 0 Å². The molecule has 0 heterocycles. The number of ether oxygens (including phenoxy) is 1. The van der Waals surface area contributed by atoms with Crippen molar-refractivity contribution in [2.45, 2.75) is 27.2 Å². The molecule has 0 aliphatic carbocycles. The van der Waals surface area contributed by atoms with Gasteiger partial charge >= 0.3 is 0 Å². The van der Waals surface area contributed by atoms with Gasteiger partial charge in [0.2, 0.25) is 0 Å². The van der Waals surface area contributed by atoms with Gasteiger partial charge in [-0.15, -0.1) is 11.8 Å². The van der Waals surface area contributed by atoms with Gasteiger partial charge in [0.1, 0.15) is 0 Å². The molecule has 0 rings (SSSR count). The monoisotopic (exact) mass is 266 g/mol. The predicted octanol–water partition coefficient (Wildman–Crippen LogP) is 5.50. The van der Waals surface area contributed by atoms with Crippen LogP contribution in [0.5, 0.6) is 0 Å². The summed E-state index contributed by atoms with van der Waals surface area (Å²) in [5.41, 5.74) is 1.21. The third-order valence-electron chi connectivity index (χ3n) is 1.66. The molecule has 0 N–H and O–H groups in total. The second-order valence-electron chi connectivity index (χ2n) is 3.15. The molecule has 0 spiro atoms. The average Bonchev–Trinajstić information content (AvgIpc) is 2.40. The van der Waals surface area contributed by atoms with E-state index in [0.717, 1.165) is 13.0 Å². The first-order chi connectivity index (χ1) is 8.81. The van der Waals surface area contributed by atoms with E-state index in [1.165, 1.54) is 5.57 Å². The molecule has 0 saturated heterocycles. The Hall–Kier alpha value is -0.990. The molecule has 102 valence electrons. The molecule has 18 heavy (non-hydrogen) atoms. The zero-order chi connectivity index (χ0) is 14.1. The highest BCUT2D eigenvalue weighted by molar-refractivity contribution is 8.04. The molecular weight excluding hydrogens is 240 g/mol. The first-order valence-electron chi connectivity index (χ1n) is 6.25. The fourth-order valence-electron chi connectivity index (χ4n) is 0.910. The van der Waals surface area contributed by atoms with Gasteiger partial charge in [0.15, 0.2) is 0 Å². The summed E-state index contributed by atoms with van der Waals surface area (Å²) in [6, 6.07) is 0. The molecule has 0 unspecified atom stereocenters. The molecule has 0 bridgehead atoms. The molecule has 0 aliphatic rings. The van der Waals surface area contributed by atoms with E-state index >= 15 is 0 Å². The Labute approximate surface area is 117 Å². The van der Waals surface area contributed by atoms with Gasteiger partial charge in [-0.1, -0.05) is 57.4 Å². The van der Waals surface area contributed by atoms with E-state index in [1.54, 1.807) is 23.2 Å². The van der Waals surface area contributed by atoms with Gasteiger partial charge in [0.05, 0.1) is 13.2 Å². The van der Waals surface area contributed by atoms with Crippen LogP contribution >= 0.6 is 11.8 Å². The molecular formula is C16H26OS. The number of hydrogen-bond acceptors (Lipinski definition) is 2. The van der Waals surface area contributed by atoms with Gasteiger partial charge in [-0.2, -0.15) is 0 Å². The van der Waals surface area contributed by atoms with E-state index in [0.29, 0.717) is 6.61 Å². The molecule has 0 aliphatic heterocycles. The zero-order valence-electron chi connectivity index (χ0n) is 11.9. The van der Waals surface area contributed by atoms with E-state index < -0.39 is 0 Å². The minimum Gasteiger partial charge on any atom is -0.377 e. The van der Waals surface area contributed by atoms with Crippen LogP contribution in [-0.4, -0.2) is 13.2 Å². The SMILES string of the molecule is C=C/C=C\C=C(/C)COCC/C=C/SC=C.CC. The lowest BCUT2D eigenvalue weighted by Gasteiger charge is -2.01. The zero-order valence-corrected chi connectivity index (χ0v) is 12.7. The maximum atomic E-state index is 5.49. The summed E-state index contributed by atoms with van der Waals surface area (Å²) < 4.78 is 5.49. The maximum Gasteiger partial charge on any atom is 0.0677 e. The molecule has 0 atom stereocenters. The van der Waals surface area contributed by atoms with E-state index in [1.807, 2.05) is 37.5 Å². The Morgan fingerprint density at radius 1 is 1.22 bits per heavy atom. The van der Waals surface area contributed by atoms with Crippen molar-refractivity contribution >= 4 is 11.8 Å². The molecule has 0 aromatic rings. The van der Waals surface area contributed by atoms with E-state index in [4.69, 9.17) is 4.74 Å². The van der Waals surface area contributed by atoms with Crippen molar-refractivity contribution in [1.82, 2.24) is 0 Å². The summed E-state index contributed by atoms with van der Waals surface area (Å²) in [6.07, 6.45) is 10.7. The lowest BCUT2D eigenvalue weighted by atomic mass is 10.3. The van der Waals surface area contributed by atoms with Crippen LogP contribution in [0.2, 0.25) is 0 Å². The van der Waals surface area contributed by atoms with Crippen molar-refractivity contribution in [2.75, 3.05) is 13.2 Å². The number of thioether (sulfide) groups is 1. The van der Waals surface area contributed by atoms with Crippen molar-refractivity contribution in [1.29, 1.82) is 0 Å². The number of hydrogen-bond donors (Lipinski definition) is 0. The minimum absolute atomic E-state index is 0.684. The lowest BCUT2D eigenvalue weighted by molar-refractivity contribution is 0.161. The summed E-state index contributed by atoms with van der Waals surface area (Å²) >= 11 is 1.58. The Kier molecular flexibility index (Phi) is 19.8. The Bertz CT molecular complexity index is 275. The maximum absolute atomic E-state index is 5.49. The highest BCUT2D eigenvalue weighted by Crippen LogP contribution is 2.02. The van der Waals surface area contributed by atoms with Gasteiger partial charge in [0.25, 0.3) is 0 Å². The molecule has 2 heteroatoms. The molecule has 0 radical (unpaired) electrons. The smallest absolute Gasteiger partial charge is 0.0677 e. The molecule has 0 aromatic heterocycles.